The van der Waals surface area contributed by atoms with E-state index in [0.29, 0.717) is 0 Å². The van der Waals surface area contributed by atoms with E-state index < -0.39 is 0 Å². The van der Waals surface area contributed by atoms with Gasteiger partial charge >= 0.3 is 0 Å². The second kappa shape index (κ2) is 14.1. The molecule has 0 saturated carbocycles. The van der Waals surface area contributed by atoms with Crippen LogP contribution in [-0.4, -0.2) is 0 Å². The van der Waals surface area contributed by atoms with Gasteiger partial charge in [0.1, 0.15) is 11.2 Å². The van der Waals surface area contributed by atoms with Crippen LogP contribution in [0.3, 0.4) is 0 Å². The molecule has 0 N–H and O–H groups in total. The number of fused-ring (bicyclic) bond motifs is 12. The van der Waals surface area contributed by atoms with Crippen LogP contribution in [0.5, 0.6) is 0 Å². The van der Waals surface area contributed by atoms with Crippen molar-refractivity contribution in [1.29, 1.82) is 0 Å². The van der Waals surface area contributed by atoms with E-state index in [0.717, 1.165) is 78.0 Å². The standard InChI is InChI=1S/C64H46N2O2/c1-63(2)51-27-15-26-50-53(66(40-20-9-6-10-21-40)55-29-17-25-49-44-23-12-14-31-57(44)68-62(49)55)37-36-45(58(50)51)47-35-34-46-42-33-32-41(38-52(42)64(3,4)59(46)60(47)63)65(39-18-7-5-8-19-39)54-28-16-24-48-43-22-11-13-30-56(43)67-61(48)54/h5-38H,1-4H3. The number of nitrogens with zero attached hydrogens (tertiary/aromatic N) is 2. The summed E-state index contributed by atoms with van der Waals surface area (Å²) in [6.45, 7) is 9.74. The molecule has 2 aromatic heterocycles. The molecule has 0 amide bonds. The summed E-state index contributed by atoms with van der Waals surface area (Å²) >= 11 is 0. The molecule has 68 heavy (non-hydrogen) atoms. The first-order chi connectivity index (χ1) is 33.3. The van der Waals surface area contributed by atoms with E-state index in [1.165, 1.54) is 55.3 Å². The van der Waals surface area contributed by atoms with E-state index in [-0.39, 0.29) is 10.8 Å². The molecule has 12 aromatic rings. The average Bonchev–Trinajstić information content (AvgIpc) is 4.02. The van der Waals surface area contributed by atoms with Crippen LogP contribution >= 0.6 is 0 Å². The minimum absolute atomic E-state index is 0.308. The second-order valence-corrected chi connectivity index (χ2v) is 19.6. The lowest BCUT2D eigenvalue weighted by Crippen LogP contribution is -2.29. The molecular weight excluding hydrogens is 829 g/mol. The lowest BCUT2D eigenvalue weighted by atomic mass is 9.63. The highest BCUT2D eigenvalue weighted by Gasteiger charge is 2.45. The highest BCUT2D eigenvalue weighted by molar-refractivity contribution is 6.15. The molecule has 2 aliphatic carbocycles. The van der Waals surface area contributed by atoms with E-state index in [2.05, 4.69) is 232 Å². The summed E-state index contributed by atoms with van der Waals surface area (Å²) in [6.07, 6.45) is 0. The quantitative estimate of drug-likeness (QED) is 0.167. The molecule has 0 bridgehead atoms. The Morgan fingerprint density at radius 1 is 0.324 bits per heavy atom. The smallest absolute Gasteiger partial charge is 0.159 e. The maximum absolute atomic E-state index is 6.71. The molecule has 2 heterocycles. The van der Waals surface area contributed by atoms with Gasteiger partial charge in [-0.1, -0.05) is 167 Å². The van der Waals surface area contributed by atoms with Gasteiger partial charge in [0.15, 0.2) is 11.2 Å². The van der Waals surface area contributed by atoms with Gasteiger partial charge in [-0.15, -0.1) is 0 Å². The van der Waals surface area contributed by atoms with Crippen molar-refractivity contribution in [3.05, 3.63) is 229 Å². The zero-order chi connectivity index (χ0) is 45.5. The van der Waals surface area contributed by atoms with E-state index in [9.17, 15) is 0 Å². The molecular formula is C64H46N2O2. The first kappa shape index (κ1) is 38.9. The fourth-order valence-corrected chi connectivity index (χ4v) is 12.2. The minimum Gasteiger partial charge on any atom is -0.454 e. The molecule has 324 valence electrons. The van der Waals surface area contributed by atoms with Gasteiger partial charge in [0.05, 0.1) is 17.1 Å². The Bertz CT molecular complexity index is 4040. The van der Waals surface area contributed by atoms with Gasteiger partial charge in [0.25, 0.3) is 0 Å². The van der Waals surface area contributed by atoms with E-state index in [1.54, 1.807) is 0 Å². The van der Waals surface area contributed by atoms with Gasteiger partial charge < -0.3 is 18.6 Å². The fraction of sp³-hybridized carbons (Fsp3) is 0.0938. The van der Waals surface area contributed by atoms with E-state index >= 15 is 0 Å². The summed E-state index contributed by atoms with van der Waals surface area (Å²) in [5.74, 6) is 0. The summed E-state index contributed by atoms with van der Waals surface area (Å²) < 4.78 is 13.4. The van der Waals surface area contributed by atoms with Gasteiger partial charge in [-0.25, -0.2) is 0 Å². The summed E-state index contributed by atoms with van der Waals surface area (Å²) in [4.78, 5) is 4.76. The van der Waals surface area contributed by atoms with Crippen molar-refractivity contribution in [3.63, 3.8) is 0 Å². The molecule has 10 aromatic carbocycles. The van der Waals surface area contributed by atoms with Crippen LogP contribution in [0.2, 0.25) is 0 Å². The first-order valence-electron chi connectivity index (χ1n) is 23.7. The zero-order valence-electron chi connectivity index (χ0n) is 38.3. The minimum atomic E-state index is -0.322. The normalized spacial score (nSPS) is 14.1. The van der Waals surface area contributed by atoms with Crippen LogP contribution in [0.1, 0.15) is 49.9 Å². The SMILES string of the molecule is CC1(C)c2cc(N(c3ccccc3)c3cccc4c3oc3ccccc34)ccc2-c2ccc3c(c21)C(C)(C)c1cccc2c(N(c4ccccc4)c4cccc5c4oc4ccccc45)ccc-3c12. The fourth-order valence-electron chi connectivity index (χ4n) is 12.2. The van der Waals surface area contributed by atoms with Crippen LogP contribution in [0.4, 0.5) is 34.1 Å². The maximum Gasteiger partial charge on any atom is 0.159 e. The third kappa shape index (κ3) is 5.31. The molecule has 0 radical (unpaired) electrons. The molecule has 4 nitrogen and oxygen atoms in total. The summed E-state index contributed by atoms with van der Waals surface area (Å²) in [6, 6.07) is 74.7. The highest BCUT2D eigenvalue weighted by atomic mass is 16.3. The Morgan fingerprint density at radius 3 is 1.43 bits per heavy atom. The van der Waals surface area contributed by atoms with Gasteiger partial charge in [-0.3, -0.25) is 0 Å². The Hall–Kier alpha value is -8.34. The maximum atomic E-state index is 6.71. The first-order valence-corrected chi connectivity index (χ1v) is 23.7. The topological polar surface area (TPSA) is 32.8 Å². The van der Waals surface area contributed by atoms with Crippen molar-refractivity contribution in [2.45, 2.75) is 38.5 Å². The average molecular weight is 875 g/mol. The molecule has 14 rings (SSSR count). The van der Waals surface area contributed by atoms with Crippen molar-refractivity contribution in [3.8, 4) is 22.3 Å². The van der Waals surface area contributed by atoms with E-state index in [4.69, 9.17) is 8.83 Å². The lowest BCUT2D eigenvalue weighted by Gasteiger charge is -2.40. The number of hydrogen-bond acceptors (Lipinski definition) is 4. The van der Waals surface area contributed by atoms with Gasteiger partial charge in [0, 0.05) is 54.8 Å². The number of furan rings is 2. The lowest BCUT2D eigenvalue weighted by molar-refractivity contribution is 0.591. The Balaban J connectivity index is 0.941. The number of benzene rings is 10. The van der Waals surface area contributed by atoms with Gasteiger partial charge in [-0.05, 0) is 117 Å². The van der Waals surface area contributed by atoms with Crippen LogP contribution in [-0.2, 0) is 10.8 Å². The molecule has 0 atom stereocenters. The predicted molar refractivity (Wildman–Crippen MR) is 283 cm³/mol. The van der Waals surface area contributed by atoms with Crippen molar-refractivity contribution in [2.24, 2.45) is 0 Å². The van der Waals surface area contributed by atoms with Crippen LogP contribution in [0.25, 0.3) is 76.9 Å². The Morgan fingerprint density at radius 2 is 0.794 bits per heavy atom. The number of rotatable bonds is 6. The molecule has 0 aliphatic heterocycles. The molecule has 2 aliphatic rings. The molecule has 0 saturated heterocycles. The molecule has 0 spiro atoms. The number of anilines is 6. The van der Waals surface area contributed by atoms with Crippen LogP contribution in [0.15, 0.2) is 215 Å². The monoisotopic (exact) mass is 874 g/mol. The molecule has 0 unspecified atom stereocenters. The van der Waals surface area contributed by atoms with Crippen LogP contribution < -0.4 is 9.80 Å². The number of hydrogen-bond donors (Lipinski definition) is 0. The zero-order valence-corrected chi connectivity index (χ0v) is 38.3. The third-order valence-electron chi connectivity index (χ3n) is 15.2. The Kier molecular flexibility index (Phi) is 8.06. The second-order valence-electron chi connectivity index (χ2n) is 19.6. The predicted octanol–water partition coefficient (Wildman–Crippen LogP) is 18.2. The van der Waals surface area contributed by atoms with Crippen molar-refractivity contribution >= 4 is 88.8 Å². The van der Waals surface area contributed by atoms with Crippen molar-refractivity contribution < 1.29 is 8.83 Å². The Labute approximate surface area is 394 Å². The van der Waals surface area contributed by atoms with Crippen LogP contribution in [0, 0.1) is 0 Å². The van der Waals surface area contributed by atoms with E-state index in [1.807, 2.05) is 12.1 Å². The third-order valence-corrected chi connectivity index (χ3v) is 15.2. The van der Waals surface area contributed by atoms with Gasteiger partial charge in [0.2, 0.25) is 0 Å². The largest absolute Gasteiger partial charge is 0.454 e. The number of para-hydroxylation sites is 6. The summed E-state index contributed by atoms with van der Waals surface area (Å²) in [5, 5.41) is 6.98. The highest BCUT2D eigenvalue weighted by Crippen LogP contribution is 2.60. The van der Waals surface area contributed by atoms with Crippen molar-refractivity contribution in [2.75, 3.05) is 9.80 Å². The van der Waals surface area contributed by atoms with Gasteiger partial charge in [-0.2, -0.15) is 0 Å². The molecule has 4 heteroatoms. The van der Waals surface area contributed by atoms with Crippen molar-refractivity contribution in [1.82, 2.24) is 0 Å². The molecule has 0 fully saturated rings. The summed E-state index contributed by atoms with van der Waals surface area (Å²) in [7, 11) is 0. The summed E-state index contributed by atoms with van der Waals surface area (Å²) in [5.41, 5.74) is 20.0.